The van der Waals surface area contributed by atoms with Crippen LogP contribution in [0.3, 0.4) is 0 Å². The van der Waals surface area contributed by atoms with Crippen molar-refractivity contribution in [3.05, 3.63) is 39.3 Å². The highest BCUT2D eigenvalue weighted by Gasteiger charge is 2.29. The minimum absolute atomic E-state index is 0.126. The first-order valence-electron chi connectivity index (χ1n) is 5.94. The summed E-state index contributed by atoms with van der Waals surface area (Å²) in [4.78, 5) is 23.2. The molecule has 1 heterocycles. The highest BCUT2D eigenvalue weighted by atomic mass is 35.5. The lowest BCUT2D eigenvalue weighted by atomic mass is 10.2. The summed E-state index contributed by atoms with van der Waals surface area (Å²) in [6.07, 6.45) is 1.94. The molecule has 3 rings (SSSR count). The van der Waals surface area contributed by atoms with Crippen LogP contribution in [0.1, 0.15) is 29.2 Å². The minimum atomic E-state index is -1.03. The van der Waals surface area contributed by atoms with Gasteiger partial charge in [0, 0.05) is 10.9 Å². The van der Waals surface area contributed by atoms with Crippen molar-refractivity contribution in [2.75, 3.05) is 0 Å². The molecule has 1 fully saturated rings. The van der Waals surface area contributed by atoms with Gasteiger partial charge in [-0.1, -0.05) is 11.6 Å². The van der Waals surface area contributed by atoms with Crippen molar-refractivity contribution < 1.29 is 9.90 Å². The number of benzene rings is 1. The summed E-state index contributed by atoms with van der Waals surface area (Å²) >= 11 is 7.31. The molecule has 1 aromatic carbocycles. The molecule has 1 aliphatic carbocycles. The average Bonchev–Trinajstić information content (AvgIpc) is 3.17. The molecule has 1 aromatic heterocycles. The smallest absolute Gasteiger partial charge is 0.344 e. The lowest BCUT2D eigenvalue weighted by Crippen LogP contribution is -2.16. The van der Waals surface area contributed by atoms with Crippen molar-refractivity contribution in [3.8, 4) is 0 Å². The number of aromatic carboxylic acids is 1. The molecule has 0 atom stereocenters. The lowest BCUT2D eigenvalue weighted by Gasteiger charge is -2.05. The summed E-state index contributed by atoms with van der Waals surface area (Å²) < 4.78 is 1.62. The van der Waals surface area contributed by atoms with Gasteiger partial charge in [0.2, 0.25) is 0 Å². The zero-order valence-electron chi connectivity index (χ0n) is 10.2. The van der Waals surface area contributed by atoms with Gasteiger partial charge in [-0.3, -0.25) is 4.57 Å². The first kappa shape index (κ1) is 13.3. The van der Waals surface area contributed by atoms with Crippen molar-refractivity contribution in [2.24, 2.45) is 0 Å². The van der Waals surface area contributed by atoms with Gasteiger partial charge in [-0.25, -0.2) is 14.7 Å². The number of hydrogen-bond donors (Lipinski definition) is 2. The first-order valence-corrected chi connectivity index (χ1v) is 7.13. The van der Waals surface area contributed by atoms with Gasteiger partial charge in [0.15, 0.2) is 5.16 Å². The van der Waals surface area contributed by atoms with Crippen LogP contribution in [0.4, 0.5) is 0 Å². The third-order valence-electron chi connectivity index (χ3n) is 2.96. The monoisotopic (exact) mass is 311 g/mol. The molecule has 2 aromatic rings. The van der Waals surface area contributed by atoms with E-state index in [9.17, 15) is 9.59 Å². The van der Waals surface area contributed by atoms with Gasteiger partial charge in [-0.05, 0) is 42.8 Å². The van der Waals surface area contributed by atoms with E-state index in [0.29, 0.717) is 15.1 Å². The topological polar surface area (TPSA) is 88.0 Å². The maximum atomic E-state index is 11.7. The Morgan fingerprint density at radius 2 is 2.25 bits per heavy atom. The second-order valence-electron chi connectivity index (χ2n) is 4.46. The van der Waals surface area contributed by atoms with E-state index in [-0.39, 0.29) is 17.3 Å². The van der Waals surface area contributed by atoms with Gasteiger partial charge >= 0.3 is 11.7 Å². The Kier molecular flexibility index (Phi) is 3.31. The van der Waals surface area contributed by atoms with E-state index >= 15 is 0 Å². The fourth-order valence-corrected chi connectivity index (χ4v) is 3.04. The molecular formula is C12H10ClN3O3S. The van der Waals surface area contributed by atoms with E-state index in [2.05, 4.69) is 10.2 Å². The molecule has 0 unspecified atom stereocenters. The molecule has 6 nitrogen and oxygen atoms in total. The van der Waals surface area contributed by atoms with Gasteiger partial charge in [0.05, 0.1) is 10.6 Å². The van der Waals surface area contributed by atoms with Crippen molar-refractivity contribution in [2.45, 2.75) is 28.9 Å². The molecule has 104 valence electrons. The van der Waals surface area contributed by atoms with E-state index in [1.54, 1.807) is 10.6 Å². The molecular weight excluding hydrogens is 302 g/mol. The number of carbonyl (C=O) groups is 1. The van der Waals surface area contributed by atoms with Crippen molar-refractivity contribution >= 4 is 29.3 Å². The van der Waals surface area contributed by atoms with Crippen molar-refractivity contribution in [1.29, 1.82) is 0 Å². The number of carboxylic acid groups (broad SMARTS) is 1. The Labute approximate surface area is 122 Å². The number of carboxylic acids is 1. The van der Waals surface area contributed by atoms with Gasteiger partial charge in [0.25, 0.3) is 0 Å². The second kappa shape index (κ2) is 4.99. The lowest BCUT2D eigenvalue weighted by molar-refractivity contribution is 0.0697. The Morgan fingerprint density at radius 1 is 1.50 bits per heavy atom. The third kappa shape index (κ3) is 2.46. The van der Waals surface area contributed by atoms with E-state index in [4.69, 9.17) is 16.7 Å². The maximum Gasteiger partial charge on any atom is 0.344 e. The summed E-state index contributed by atoms with van der Waals surface area (Å²) in [6.45, 7) is 0. The molecule has 1 saturated carbocycles. The van der Waals surface area contributed by atoms with Gasteiger partial charge in [-0.2, -0.15) is 0 Å². The molecule has 1 aliphatic rings. The molecule has 0 bridgehead atoms. The average molecular weight is 312 g/mol. The van der Waals surface area contributed by atoms with Crippen LogP contribution < -0.4 is 5.69 Å². The Morgan fingerprint density at radius 3 is 2.85 bits per heavy atom. The Hall–Kier alpha value is -1.73. The molecule has 0 radical (unpaired) electrons. The minimum Gasteiger partial charge on any atom is -0.478 e. The molecule has 20 heavy (non-hydrogen) atoms. The third-order valence-corrected chi connectivity index (χ3v) is 4.44. The number of nitrogens with one attached hydrogen (secondary N) is 1. The predicted molar refractivity (Wildman–Crippen MR) is 73.7 cm³/mol. The summed E-state index contributed by atoms with van der Waals surface area (Å²) in [7, 11) is 0. The van der Waals surface area contributed by atoms with Gasteiger partial charge in [0.1, 0.15) is 0 Å². The molecule has 8 heteroatoms. The van der Waals surface area contributed by atoms with Crippen LogP contribution in [0.5, 0.6) is 0 Å². The van der Waals surface area contributed by atoms with Gasteiger partial charge in [-0.15, -0.1) is 5.10 Å². The van der Waals surface area contributed by atoms with Gasteiger partial charge < -0.3 is 5.11 Å². The van der Waals surface area contributed by atoms with Crippen molar-refractivity contribution in [1.82, 2.24) is 14.8 Å². The highest BCUT2D eigenvalue weighted by Crippen LogP contribution is 2.39. The summed E-state index contributed by atoms with van der Waals surface area (Å²) in [5, 5.41) is 16.2. The number of H-pyrrole nitrogens is 1. The number of aromatic amines is 1. The molecule has 0 amide bonds. The normalized spacial score (nSPS) is 14.4. The number of hydrogen-bond acceptors (Lipinski definition) is 4. The Bertz CT molecular complexity index is 736. The van der Waals surface area contributed by atoms with Crippen LogP contribution in [-0.2, 0) is 0 Å². The zero-order valence-corrected chi connectivity index (χ0v) is 11.7. The van der Waals surface area contributed by atoms with Crippen LogP contribution in [0.15, 0.2) is 33.0 Å². The number of aromatic nitrogens is 3. The van der Waals surface area contributed by atoms with Crippen LogP contribution in [0.25, 0.3) is 0 Å². The fraction of sp³-hybridized carbons (Fsp3) is 0.250. The fourth-order valence-electron chi connectivity index (χ4n) is 1.83. The molecule has 0 saturated heterocycles. The van der Waals surface area contributed by atoms with Crippen molar-refractivity contribution in [3.63, 3.8) is 0 Å². The second-order valence-corrected chi connectivity index (χ2v) is 5.88. The van der Waals surface area contributed by atoms with Crippen LogP contribution in [0.2, 0.25) is 5.02 Å². The van der Waals surface area contributed by atoms with E-state index in [1.165, 1.54) is 23.9 Å². The summed E-state index contributed by atoms with van der Waals surface area (Å²) in [6, 6.07) is 4.69. The standard InChI is InChI=1S/C12H10ClN3O3S/c13-8-5-6(10(17)18)1-4-9(8)20-12-15-14-11(19)16(12)7-2-3-7/h1,4-5,7H,2-3H2,(H,14,19)(H,17,18). The van der Waals surface area contributed by atoms with E-state index in [1.807, 2.05) is 0 Å². The highest BCUT2D eigenvalue weighted by molar-refractivity contribution is 7.99. The summed E-state index contributed by atoms with van der Waals surface area (Å²) in [5.41, 5.74) is -0.103. The SMILES string of the molecule is O=C(O)c1ccc(Sc2n[nH]c(=O)n2C2CC2)c(Cl)c1. The maximum absolute atomic E-state index is 11.7. The van der Waals surface area contributed by atoms with E-state index in [0.717, 1.165) is 12.8 Å². The predicted octanol–water partition coefficient (Wildman–Crippen LogP) is 2.41. The van der Waals surface area contributed by atoms with Crippen LogP contribution in [-0.4, -0.2) is 25.8 Å². The number of halogens is 1. The molecule has 2 N–H and O–H groups in total. The zero-order chi connectivity index (χ0) is 14.3. The largest absolute Gasteiger partial charge is 0.478 e. The molecule has 0 aliphatic heterocycles. The molecule has 0 spiro atoms. The number of rotatable bonds is 4. The summed E-state index contributed by atoms with van der Waals surface area (Å²) in [5.74, 6) is -1.03. The quantitative estimate of drug-likeness (QED) is 0.905. The van der Waals surface area contributed by atoms with Crippen LogP contribution in [0, 0.1) is 0 Å². The number of nitrogens with zero attached hydrogens (tertiary/aromatic N) is 2. The first-order chi connectivity index (χ1) is 9.56. The Balaban J connectivity index is 1.92. The van der Waals surface area contributed by atoms with E-state index < -0.39 is 5.97 Å². The van der Waals surface area contributed by atoms with Crippen LogP contribution >= 0.6 is 23.4 Å².